The number of benzene rings is 1. The molecular formula is C22H35N5O5. The number of aryl methyl sites for hydroxylation is 1. The monoisotopic (exact) mass is 449 g/mol. The van der Waals surface area contributed by atoms with Crippen molar-refractivity contribution in [3.05, 3.63) is 29.8 Å². The Morgan fingerprint density at radius 1 is 1.12 bits per heavy atom. The van der Waals surface area contributed by atoms with Gasteiger partial charge in [0.05, 0.1) is 6.04 Å². The van der Waals surface area contributed by atoms with E-state index in [-0.39, 0.29) is 24.0 Å². The molecule has 0 aliphatic heterocycles. The Morgan fingerprint density at radius 3 is 2.34 bits per heavy atom. The average Bonchev–Trinajstić information content (AvgIpc) is 2.77. The van der Waals surface area contributed by atoms with E-state index in [2.05, 4.69) is 15.6 Å². The number of carbonyl (C=O) groups excluding carboxylic acids is 3. The van der Waals surface area contributed by atoms with Gasteiger partial charge < -0.3 is 37.1 Å². The van der Waals surface area contributed by atoms with Crippen LogP contribution in [0.1, 0.15) is 45.1 Å². The minimum Gasteiger partial charge on any atom is -0.508 e. The van der Waals surface area contributed by atoms with Crippen molar-refractivity contribution in [1.29, 1.82) is 0 Å². The van der Waals surface area contributed by atoms with Gasteiger partial charge in [-0.2, -0.15) is 0 Å². The van der Waals surface area contributed by atoms with Gasteiger partial charge in [0.1, 0.15) is 24.2 Å². The lowest BCUT2D eigenvalue weighted by Gasteiger charge is -2.26. The summed E-state index contributed by atoms with van der Waals surface area (Å²) in [6.45, 7) is 4.02. The smallest absolute Gasteiger partial charge is 0.249 e. The van der Waals surface area contributed by atoms with Crippen LogP contribution in [0.25, 0.3) is 0 Å². The summed E-state index contributed by atoms with van der Waals surface area (Å²) >= 11 is 0. The molecule has 0 radical (unpaired) electrons. The maximum atomic E-state index is 12.8. The first kappa shape index (κ1) is 26.9. The standard InChI is InChI=1S/C22H35N5O5/c1-3-14(2)19(21(32)26-16(13-28)5-4-12-25-22(23)24)27-20(31)18(30)11-8-15-6-9-17(29)10-7-15/h6-7,9-10,13-14,16,18-19,29-30H,3-5,8,11-12H2,1-2H3,(H,26,32)(H,27,31)(H4,23,24,25)/t14-,16+,18+,19+/m1/s1. The predicted octanol–water partition coefficient (Wildman–Crippen LogP) is -0.0461. The molecule has 0 aliphatic rings. The molecule has 1 rings (SSSR count). The third-order valence-corrected chi connectivity index (χ3v) is 5.20. The number of guanidine groups is 1. The molecule has 0 saturated heterocycles. The van der Waals surface area contributed by atoms with Gasteiger partial charge in [0, 0.05) is 6.54 Å². The van der Waals surface area contributed by atoms with Crippen molar-refractivity contribution >= 4 is 24.1 Å². The lowest BCUT2D eigenvalue weighted by atomic mass is 9.97. The highest BCUT2D eigenvalue weighted by atomic mass is 16.3. The van der Waals surface area contributed by atoms with E-state index in [1.54, 1.807) is 12.1 Å². The number of phenolic OH excluding ortho intramolecular Hbond substituents is 1. The number of nitrogens with one attached hydrogen (secondary N) is 2. The highest BCUT2D eigenvalue weighted by Crippen LogP contribution is 2.13. The minimum absolute atomic E-state index is 0.0415. The van der Waals surface area contributed by atoms with Crippen LogP contribution in [0.15, 0.2) is 29.3 Å². The summed E-state index contributed by atoms with van der Waals surface area (Å²) in [6.07, 6.45) is 1.38. The van der Waals surface area contributed by atoms with E-state index in [4.69, 9.17) is 11.5 Å². The normalized spacial score (nSPS) is 14.5. The molecule has 10 heteroatoms. The summed E-state index contributed by atoms with van der Waals surface area (Å²) in [6, 6.07) is 4.86. The lowest BCUT2D eigenvalue weighted by molar-refractivity contribution is -0.135. The summed E-state index contributed by atoms with van der Waals surface area (Å²) in [5.41, 5.74) is 11.4. The Balaban J connectivity index is 2.65. The molecule has 0 aliphatic carbocycles. The van der Waals surface area contributed by atoms with Crippen molar-refractivity contribution in [3.63, 3.8) is 0 Å². The van der Waals surface area contributed by atoms with Crippen molar-refractivity contribution < 1.29 is 24.6 Å². The molecule has 0 aromatic heterocycles. The molecule has 0 unspecified atom stereocenters. The third kappa shape index (κ3) is 9.78. The molecule has 0 saturated carbocycles. The molecule has 1 aromatic rings. The Labute approximate surface area is 188 Å². The Morgan fingerprint density at radius 2 is 1.78 bits per heavy atom. The first-order valence-electron chi connectivity index (χ1n) is 10.7. The van der Waals surface area contributed by atoms with E-state index >= 15 is 0 Å². The van der Waals surface area contributed by atoms with Crippen molar-refractivity contribution in [3.8, 4) is 5.75 Å². The second-order valence-electron chi connectivity index (χ2n) is 7.79. The Bertz CT molecular complexity index is 764. The molecule has 0 heterocycles. The fourth-order valence-electron chi connectivity index (χ4n) is 3.01. The second kappa shape index (κ2) is 14.0. The molecule has 10 nitrogen and oxygen atoms in total. The van der Waals surface area contributed by atoms with Crippen LogP contribution in [0.4, 0.5) is 0 Å². The quantitative estimate of drug-likeness (QED) is 0.0996. The van der Waals surface area contributed by atoms with Gasteiger partial charge in [-0.1, -0.05) is 32.4 Å². The highest BCUT2D eigenvalue weighted by Gasteiger charge is 2.29. The number of hydrogen-bond acceptors (Lipinski definition) is 6. The zero-order chi connectivity index (χ0) is 24.1. The van der Waals surface area contributed by atoms with E-state index in [0.717, 1.165) is 5.56 Å². The molecule has 0 bridgehead atoms. The summed E-state index contributed by atoms with van der Waals surface area (Å²) in [7, 11) is 0. The van der Waals surface area contributed by atoms with Crippen LogP contribution >= 0.6 is 0 Å². The first-order valence-corrected chi connectivity index (χ1v) is 10.7. The molecule has 32 heavy (non-hydrogen) atoms. The van der Waals surface area contributed by atoms with Gasteiger partial charge >= 0.3 is 0 Å². The number of phenols is 1. The maximum Gasteiger partial charge on any atom is 0.249 e. The Hall–Kier alpha value is -3.14. The van der Waals surface area contributed by atoms with Gasteiger partial charge in [-0.25, -0.2) is 0 Å². The third-order valence-electron chi connectivity index (χ3n) is 5.20. The number of aldehydes is 1. The maximum absolute atomic E-state index is 12.8. The van der Waals surface area contributed by atoms with E-state index in [1.165, 1.54) is 12.1 Å². The number of rotatable bonds is 14. The summed E-state index contributed by atoms with van der Waals surface area (Å²) in [4.78, 5) is 40.5. The van der Waals surface area contributed by atoms with Crippen LogP contribution in [-0.2, 0) is 20.8 Å². The molecule has 8 N–H and O–H groups in total. The van der Waals surface area contributed by atoms with Crippen LogP contribution in [-0.4, -0.2) is 59.0 Å². The summed E-state index contributed by atoms with van der Waals surface area (Å²) in [5.74, 6) is -1.26. The summed E-state index contributed by atoms with van der Waals surface area (Å²) in [5, 5.41) is 24.8. The van der Waals surface area contributed by atoms with Gasteiger partial charge in [-0.15, -0.1) is 0 Å². The van der Waals surface area contributed by atoms with Crippen LogP contribution in [0.2, 0.25) is 0 Å². The number of amides is 2. The van der Waals surface area contributed by atoms with Crippen molar-refractivity contribution in [2.75, 3.05) is 6.54 Å². The summed E-state index contributed by atoms with van der Waals surface area (Å²) < 4.78 is 0. The average molecular weight is 450 g/mol. The zero-order valence-corrected chi connectivity index (χ0v) is 18.7. The number of aromatic hydroxyl groups is 1. The van der Waals surface area contributed by atoms with Gasteiger partial charge in [-0.3, -0.25) is 14.6 Å². The van der Waals surface area contributed by atoms with Gasteiger partial charge in [0.15, 0.2) is 5.96 Å². The molecule has 2 amide bonds. The highest BCUT2D eigenvalue weighted by molar-refractivity contribution is 5.90. The minimum atomic E-state index is -1.30. The molecule has 0 spiro atoms. The van der Waals surface area contributed by atoms with Crippen molar-refractivity contribution in [1.82, 2.24) is 10.6 Å². The number of nitrogens with zero attached hydrogens (tertiary/aromatic N) is 1. The number of aliphatic imine (C=N–C) groups is 1. The largest absolute Gasteiger partial charge is 0.508 e. The first-order chi connectivity index (χ1) is 15.2. The number of carbonyl (C=O) groups is 3. The van der Waals surface area contributed by atoms with Crippen molar-refractivity contribution in [2.45, 2.75) is 64.1 Å². The molecule has 1 aromatic carbocycles. The fourth-order valence-corrected chi connectivity index (χ4v) is 3.01. The van der Waals surface area contributed by atoms with E-state index in [9.17, 15) is 24.6 Å². The number of nitrogens with two attached hydrogens (primary N) is 2. The number of hydrogen-bond donors (Lipinski definition) is 6. The van der Waals surface area contributed by atoms with Crippen molar-refractivity contribution in [2.24, 2.45) is 22.4 Å². The molecule has 4 atom stereocenters. The van der Waals surface area contributed by atoms with E-state index < -0.39 is 30.0 Å². The molecule has 178 valence electrons. The number of aliphatic hydroxyl groups is 1. The van der Waals surface area contributed by atoms with Gasteiger partial charge in [0.25, 0.3) is 0 Å². The molecule has 0 fully saturated rings. The number of aliphatic hydroxyl groups excluding tert-OH is 1. The lowest BCUT2D eigenvalue weighted by Crippen LogP contribution is -2.54. The van der Waals surface area contributed by atoms with Crippen LogP contribution in [0.5, 0.6) is 5.75 Å². The second-order valence-corrected chi connectivity index (χ2v) is 7.79. The zero-order valence-electron chi connectivity index (χ0n) is 18.7. The fraction of sp³-hybridized carbons (Fsp3) is 0.545. The van der Waals surface area contributed by atoms with Crippen LogP contribution < -0.4 is 22.1 Å². The van der Waals surface area contributed by atoms with Gasteiger partial charge in [-0.05, 0) is 49.3 Å². The van der Waals surface area contributed by atoms with Gasteiger partial charge in [0.2, 0.25) is 11.8 Å². The SMILES string of the molecule is CC[C@@H](C)[C@H](NC(=O)[C@@H](O)CCc1ccc(O)cc1)C(=O)N[C@H](C=O)CCCN=C(N)N. The van der Waals surface area contributed by atoms with Crippen LogP contribution in [0.3, 0.4) is 0 Å². The topological polar surface area (TPSA) is 180 Å². The predicted molar refractivity (Wildman–Crippen MR) is 122 cm³/mol. The van der Waals surface area contributed by atoms with E-state index in [1.807, 2.05) is 13.8 Å². The van der Waals surface area contributed by atoms with Crippen LogP contribution in [0, 0.1) is 5.92 Å². The molecular weight excluding hydrogens is 414 g/mol. The van der Waals surface area contributed by atoms with E-state index in [0.29, 0.717) is 38.5 Å². The Kier molecular flexibility index (Phi) is 11.8.